The summed E-state index contributed by atoms with van der Waals surface area (Å²) in [6.07, 6.45) is 1.35. The molecule has 1 N–H and O–H groups in total. The zero-order chi connectivity index (χ0) is 25.4. The van der Waals surface area contributed by atoms with E-state index in [1.165, 1.54) is 42.8 Å². The molecule has 36 heavy (non-hydrogen) atoms. The number of benzene rings is 2. The first-order valence-corrected chi connectivity index (χ1v) is 11.9. The number of rotatable bonds is 8. The molecule has 1 aliphatic heterocycles. The van der Waals surface area contributed by atoms with Gasteiger partial charge in [0, 0.05) is 5.56 Å². The minimum Gasteiger partial charge on any atom is -0.503 e. The summed E-state index contributed by atoms with van der Waals surface area (Å²) in [4.78, 5) is 32.9. The van der Waals surface area contributed by atoms with Crippen molar-refractivity contribution in [1.82, 2.24) is 4.98 Å². The number of amides is 1. The van der Waals surface area contributed by atoms with Crippen molar-refractivity contribution >= 4 is 38.4 Å². The number of Topliss-reactive ketones (excluding diaryl/α,β-unsaturated/α-hetero) is 1. The zero-order valence-electron chi connectivity index (χ0n) is 19.7. The molecule has 1 atom stereocenters. The number of anilines is 1. The van der Waals surface area contributed by atoms with Crippen LogP contribution in [0.1, 0.15) is 29.1 Å². The fourth-order valence-electron chi connectivity index (χ4n) is 4.17. The van der Waals surface area contributed by atoms with Crippen LogP contribution in [0, 0.1) is 0 Å². The van der Waals surface area contributed by atoms with E-state index in [4.69, 9.17) is 18.6 Å². The summed E-state index contributed by atoms with van der Waals surface area (Å²) < 4.78 is 22.6. The Morgan fingerprint density at radius 1 is 1.14 bits per heavy atom. The van der Waals surface area contributed by atoms with E-state index in [2.05, 4.69) is 4.98 Å². The fraction of sp³-hybridized carbons (Fsp3) is 0.192. The standard InChI is InChI=1S/C26H22N2O7S/c1-4-34-15-7-9-17-20(13-15)36-26(27-17)28-22(16-12-14(32-2)8-10-18(16)33-3)21(24(30)25(28)31)23(29)19-6-5-11-35-19/h5-13,22,30H,4H2,1-3H3. The summed E-state index contributed by atoms with van der Waals surface area (Å²) in [5.74, 6) is -0.512. The van der Waals surface area contributed by atoms with Crippen LogP contribution in [0.2, 0.25) is 0 Å². The SMILES string of the molecule is CCOc1ccc2nc(N3C(=O)C(O)=C(C(=O)c4ccco4)C3c3cc(OC)ccc3OC)sc2c1. The van der Waals surface area contributed by atoms with Gasteiger partial charge in [0.15, 0.2) is 16.7 Å². The monoisotopic (exact) mass is 506 g/mol. The molecule has 1 amide bonds. The number of furan rings is 1. The van der Waals surface area contributed by atoms with Gasteiger partial charge in [0.1, 0.15) is 23.3 Å². The van der Waals surface area contributed by atoms with Crippen LogP contribution in [0.5, 0.6) is 17.2 Å². The van der Waals surface area contributed by atoms with Gasteiger partial charge in [0.05, 0.1) is 42.9 Å². The van der Waals surface area contributed by atoms with Crippen molar-refractivity contribution < 1.29 is 33.3 Å². The Bertz CT molecular complexity index is 1490. The molecule has 1 aliphatic rings. The van der Waals surface area contributed by atoms with E-state index in [9.17, 15) is 14.7 Å². The average Bonchev–Trinajstić information content (AvgIpc) is 3.62. The third kappa shape index (κ3) is 3.85. The van der Waals surface area contributed by atoms with Gasteiger partial charge in [0.2, 0.25) is 5.78 Å². The Morgan fingerprint density at radius 2 is 1.94 bits per heavy atom. The third-order valence-corrected chi connectivity index (χ3v) is 6.81. The van der Waals surface area contributed by atoms with Gasteiger partial charge in [-0.1, -0.05) is 11.3 Å². The Hall–Kier alpha value is -4.31. The lowest BCUT2D eigenvalue weighted by atomic mass is 9.94. The molecule has 0 bridgehead atoms. The van der Waals surface area contributed by atoms with E-state index in [-0.39, 0.29) is 11.3 Å². The number of thiazole rings is 1. The Kier molecular flexibility index (Phi) is 6.11. The largest absolute Gasteiger partial charge is 0.503 e. The fourth-order valence-corrected chi connectivity index (χ4v) is 5.20. The van der Waals surface area contributed by atoms with Crippen LogP contribution in [0.3, 0.4) is 0 Å². The minimum absolute atomic E-state index is 0.0104. The van der Waals surface area contributed by atoms with Crippen molar-refractivity contribution in [2.75, 3.05) is 25.7 Å². The minimum atomic E-state index is -1.05. The molecule has 0 aliphatic carbocycles. The topological polar surface area (TPSA) is 111 Å². The number of fused-ring (bicyclic) bond motifs is 1. The van der Waals surface area contributed by atoms with Gasteiger partial charge in [-0.05, 0) is 55.5 Å². The molecular weight excluding hydrogens is 484 g/mol. The predicted octanol–water partition coefficient (Wildman–Crippen LogP) is 5.09. The number of aliphatic hydroxyl groups is 1. The van der Waals surface area contributed by atoms with Gasteiger partial charge in [-0.25, -0.2) is 4.98 Å². The Balaban J connectivity index is 1.70. The lowest BCUT2D eigenvalue weighted by Gasteiger charge is -2.26. The number of methoxy groups -OCH3 is 2. The number of aliphatic hydroxyl groups excluding tert-OH is 1. The van der Waals surface area contributed by atoms with E-state index in [1.54, 1.807) is 36.4 Å². The van der Waals surface area contributed by atoms with Crippen LogP contribution in [0.4, 0.5) is 5.13 Å². The van der Waals surface area contributed by atoms with Crippen molar-refractivity contribution in [2.24, 2.45) is 0 Å². The number of carbonyl (C=O) groups excluding carboxylic acids is 2. The molecule has 4 aromatic rings. The first kappa shape index (κ1) is 23.4. The summed E-state index contributed by atoms with van der Waals surface area (Å²) in [6.45, 7) is 2.40. The highest BCUT2D eigenvalue weighted by molar-refractivity contribution is 7.22. The average molecular weight is 507 g/mol. The van der Waals surface area contributed by atoms with Gasteiger partial charge in [-0.15, -0.1) is 0 Å². The van der Waals surface area contributed by atoms with Crippen LogP contribution in [0.25, 0.3) is 10.2 Å². The molecule has 3 heterocycles. The molecule has 184 valence electrons. The van der Waals surface area contributed by atoms with Crippen LogP contribution in [0.15, 0.2) is 70.5 Å². The van der Waals surface area contributed by atoms with E-state index < -0.39 is 23.5 Å². The molecule has 0 saturated heterocycles. The second kappa shape index (κ2) is 9.38. The molecule has 5 rings (SSSR count). The van der Waals surface area contributed by atoms with E-state index >= 15 is 0 Å². The number of ether oxygens (including phenoxy) is 3. The second-order valence-electron chi connectivity index (χ2n) is 7.81. The summed E-state index contributed by atoms with van der Waals surface area (Å²) in [5.41, 5.74) is 0.946. The van der Waals surface area contributed by atoms with Crippen molar-refractivity contribution in [3.63, 3.8) is 0 Å². The zero-order valence-corrected chi connectivity index (χ0v) is 20.5. The molecule has 1 unspecified atom stereocenters. The highest BCUT2D eigenvalue weighted by Crippen LogP contribution is 2.47. The third-order valence-electron chi connectivity index (χ3n) is 5.79. The summed E-state index contributed by atoms with van der Waals surface area (Å²) in [6, 6.07) is 12.5. The first-order valence-electron chi connectivity index (χ1n) is 11.1. The summed E-state index contributed by atoms with van der Waals surface area (Å²) in [5, 5.41) is 11.3. The lowest BCUT2D eigenvalue weighted by molar-refractivity contribution is -0.117. The molecule has 0 spiro atoms. The summed E-state index contributed by atoms with van der Waals surface area (Å²) in [7, 11) is 2.99. The molecular formula is C26H22N2O7S. The second-order valence-corrected chi connectivity index (χ2v) is 8.82. The predicted molar refractivity (Wildman–Crippen MR) is 133 cm³/mol. The molecule has 10 heteroatoms. The van der Waals surface area contributed by atoms with E-state index in [0.717, 1.165) is 4.70 Å². The van der Waals surface area contributed by atoms with Gasteiger partial charge in [-0.2, -0.15) is 0 Å². The van der Waals surface area contributed by atoms with Crippen LogP contribution < -0.4 is 19.1 Å². The van der Waals surface area contributed by atoms with Crippen molar-refractivity contribution in [3.05, 3.63) is 77.5 Å². The smallest absolute Gasteiger partial charge is 0.296 e. The Labute approximate surface area is 210 Å². The maximum atomic E-state index is 13.5. The highest BCUT2D eigenvalue weighted by atomic mass is 32.1. The van der Waals surface area contributed by atoms with Gasteiger partial charge in [0.25, 0.3) is 5.91 Å². The van der Waals surface area contributed by atoms with Gasteiger partial charge >= 0.3 is 0 Å². The maximum absolute atomic E-state index is 13.5. The molecule has 2 aromatic heterocycles. The van der Waals surface area contributed by atoms with Crippen LogP contribution in [-0.4, -0.2) is 42.6 Å². The van der Waals surface area contributed by atoms with E-state index in [0.29, 0.717) is 40.1 Å². The summed E-state index contributed by atoms with van der Waals surface area (Å²) >= 11 is 1.24. The first-order chi connectivity index (χ1) is 17.5. The molecule has 9 nitrogen and oxygen atoms in total. The molecule has 0 fully saturated rings. The normalized spacial score (nSPS) is 15.6. The quantitative estimate of drug-likeness (QED) is 0.329. The number of carbonyl (C=O) groups is 2. The van der Waals surface area contributed by atoms with Crippen molar-refractivity contribution in [3.8, 4) is 17.2 Å². The maximum Gasteiger partial charge on any atom is 0.296 e. The molecule has 0 saturated carbocycles. The molecule has 0 radical (unpaired) electrons. The van der Waals surface area contributed by atoms with Crippen molar-refractivity contribution in [2.45, 2.75) is 13.0 Å². The lowest BCUT2D eigenvalue weighted by Crippen LogP contribution is -2.31. The highest BCUT2D eigenvalue weighted by Gasteiger charge is 2.47. The number of ketones is 1. The number of hydrogen-bond acceptors (Lipinski definition) is 9. The molecule has 2 aromatic carbocycles. The number of hydrogen-bond donors (Lipinski definition) is 1. The van der Waals surface area contributed by atoms with Crippen LogP contribution >= 0.6 is 11.3 Å². The van der Waals surface area contributed by atoms with Gasteiger partial charge < -0.3 is 23.7 Å². The van der Waals surface area contributed by atoms with E-state index in [1.807, 2.05) is 13.0 Å². The van der Waals surface area contributed by atoms with Crippen molar-refractivity contribution in [1.29, 1.82) is 0 Å². The number of aromatic nitrogens is 1. The Morgan fingerprint density at radius 3 is 2.64 bits per heavy atom. The number of nitrogens with zero attached hydrogens (tertiary/aromatic N) is 2. The van der Waals surface area contributed by atoms with Gasteiger partial charge in [-0.3, -0.25) is 14.5 Å². The van der Waals surface area contributed by atoms with Crippen LogP contribution in [-0.2, 0) is 4.79 Å².